The van der Waals surface area contributed by atoms with E-state index in [1.807, 2.05) is 30.3 Å². The van der Waals surface area contributed by atoms with E-state index in [0.29, 0.717) is 19.4 Å². The van der Waals surface area contributed by atoms with Crippen molar-refractivity contribution in [3.05, 3.63) is 35.9 Å². The molecule has 0 spiro atoms. The van der Waals surface area contributed by atoms with E-state index in [0.717, 1.165) is 12.0 Å². The Morgan fingerprint density at radius 2 is 2.16 bits per heavy atom. The Labute approximate surface area is 113 Å². The lowest BCUT2D eigenvalue weighted by molar-refractivity contribution is -0.143. The van der Waals surface area contributed by atoms with Gasteiger partial charge in [0.15, 0.2) is 0 Å². The van der Waals surface area contributed by atoms with Crippen LogP contribution < -0.4 is 5.32 Å². The fourth-order valence-corrected chi connectivity index (χ4v) is 2.53. The topological polar surface area (TPSA) is 55.4 Å². The van der Waals surface area contributed by atoms with Crippen molar-refractivity contribution in [3.8, 4) is 0 Å². The molecule has 0 bridgehead atoms. The minimum Gasteiger partial charge on any atom is -0.466 e. The summed E-state index contributed by atoms with van der Waals surface area (Å²) in [7, 11) is 0. The fourth-order valence-electron chi connectivity index (χ4n) is 2.53. The largest absolute Gasteiger partial charge is 0.466 e. The molecule has 19 heavy (non-hydrogen) atoms. The highest BCUT2D eigenvalue weighted by Gasteiger charge is 2.31. The first-order valence-electron chi connectivity index (χ1n) is 6.70. The second-order valence-electron chi connectivity index (χ2n) is 4.74. The first-order chi connectivity index (χ1) is 9.20. The highest BCUT2D eigenvalue weighted by molar-refractivity contribution is 5.79. The predicted octanol–water partition coefficient (Wildman–Crippen LogP) is 2.00. The van der Waals surface area contributed by atoms with Gasteiger partial charge in [0.05, 0.1) is 13.0 Å². The van der Waals surface area contributed by atoms with Gasteiger partial charge in [-0.05, 0) is 18.9 Å². The Bertz CT molecular complexity index is 444. The van der Waals surface area contributed by atoms with Crippen LogP contribution in [0.5, 0.6) is 0 Å². The Hall–Kier alpha value is -1.84. The summed E-state index contributed by atoms with van der Waals surface area (Å²) in [5.74, 6) is -0.154. The average Bonchev–Trinajstić information content (AvgIpc) is 2.84. The number of carbonyl (C=O) groups excluding carboxylic acids is 2. The van der Waals surface area contributed by atoms with Crippen molar-refractivity contribution in [2.45, 2.75) is 38.1 Å². The zero-order chi connectivity index (χ0) is 13.7. The molecule has 4 heteroatoms. The van der Waals surface area contributed by atoms with Gasteiger partial charge < -0.3 is 10.1 Å². The van der Waals surface area contributed by atoms with Crippen LogP contribution in [0.4, 0.5) is 0 Å². The first-order valence-corrected chi connectivity index (χ1v) is 6.70. The van der Waals surface area contributed by atoms with Crippen LogP contribution >= 0.6 is 0 Å². The number of nitrogens with one attached hydrogen (secondary N) is 1. The zero-order valence-corrected chi connectivity index (χ0v) is 11.1. The Morgan fingerprint density at radius 3 is 2.74 bits per heavy atom. The lowest BCUT2D eigenvalue weighted by atomic mass is 9.88. The molecule has 2 rings (SSSR count). The third-order valence-electron chi connectivity index (χ3n) is 3.43. The standard InChI is InChI=1S/C15H19NO3/c1-2-19-15(18)10-12(11-6-4-3-5-7-11)13-8-9-14(17)16-13/h3-7,12-13H,2,8-10H2,1H3,(H,16,17). The Kier molecular flexibility index (Phi) is 4.55. The number of carbonyl (C=O) groups is 2. The van der Waals surface area contributed by atoms with Crippen molar-refractivity contribution in [1.29, 1.82) is 0 Å². The van der Waals surface area contributed by atoms with Gasteiger partial charge in [-0.3, -0.25) is 9.59 Å². The van der Waals surface area contributed by atoms with E-state index >= 15 is 0 Å². The van der Waals surface area contributed by atoms with Gasteiger partial charge in [-0.2, -0.15) is 0 Å². The first kappa shape index (κ1) is 13.6. The summed E-state index contributed by atoms with van der Waals surface area (Å²) in [4.78, 5) is 23.1. The number of hydrogen-bond donors (Lipinski definition) is 1. The average molecular weight is 261 g/mol. The summed E-state index contributed by atoms with van der Waals surface area (Å²) in [5, 5.41) is 2.95. The normalized spacial score (nSPS) is 19.8. The Balaban J connectivity index is 2.13. The number of esters is 1. The van der Waals surface area contributed by atoms with Gasteiger partial charge >= 0.3 is 5.97 Å². The highest BCUT2D eigenvalue weighted by atomic mass is 16.5. The molecular formula is C15H19NO3. The van der Waals surface area contributed by atoms with Crippen LogP contribution in [0.15, 0.2) is 30.3 Å². The molecule has 1 aliphatic rings. The third-order valence-corrected chi connectivity index (χ3v) is 3.43. The maximum atomic E-state index is 11.7. The molecule has 1 amide bonds. The van der Waals surface area contributed by atoms with E-state index in [1.165, 1.54) is 0 Å². The lowest BCUT2D eigenvalue weighted by Crippen LogP contribution is -2.33. The number of amides is 1. The van der Waals surface area contributed by atoms with Crippen LogP contribution in [0.2, 0.25) is 0 Å². The summed E-state index contributed by atoms with van der Waals surface area (Å²) in [5.41, 5.74) is 1.07. The van der Waals surface area contributed by atoms with E-state index in [-0.39, 0.29) is 23.8 Å². The molecular weight excluding hydrogens is 242 g/mol. The molecule has 2 atom stereocenters. The van der Waals surface area contributed by atoms with Gasteiger partial charge in [-0.25, -0.2) is 0 Å². The molecule has 1 heterocycles. The van der Waals surface area contributed by atoms with Gasteiger partial charge in [-0.15, -0.1) is 0 Å². The molecule has 1 saturated heterocycles. The maximum Gasteiger partial charge on any atom is 0.306 e. The summed E-state index contributed by atoms with van der Waals surface area (Å²) in [6.45, 7) is 2.18. The lowest BCUT2D eigenvalue weighted by Gasteiger charge is -2.23. The smallest absolute Gasteiger partial charge is 0.306 e. The summed E-state index contributed by atoms with van der Waals surface area (Å²) < 4.78 is 5.03. The van der Waals surface area contributed by atoms with Gasteiger partial charge in [-0.1, -0.05) is 30.3 Å². The molecule has 1 fully saturated rings. The summed E-state index contributed by atoms with van der Waals surface area (Å²) in [6.07, 6.45) is 1.62. The van der Waals surface area contributed by atoms with E-state index in [1.54, 1.807) is 6.92 Å². The quantitative estimate of drug-likeness (QED) is 0.825. The SMILES string of the molecule is CCOC(=O)CC(c1ccccc1)C1CCC(=O)N1. The van der Waals surface area contributed by atoms with E-state index in [9.17, 15) is 9.59 Å². The van der Waals surface area contributed by atoms with Crippen molar-refractivity contribution < 1.29 is 14.3 Å². The van der Waals surface area contributed by atoms with Crippen LogP contribution in [0.25, 0.3) is 0 Å². The van der Waals surface area contributed by atoms with Crippen LogP contribution in [0, 0.1) is 0 Å². The number of benzene rings is 1. The molecule has 1 aliphatic heterocycles. The number of ether oxygens (including phenoxy) is 1. The molecule has 1 aromatic rings. The van der Waals surface area contributed by atoms with Crippen LogP contribution in [-0.4, -0.2) is 24.5 Å². The molecule has 102 valence electrons. The predicted molar refractivity (Wildman–Crippen MR) is 71.6 cm³/mol. The van der Waals surface area contributed by atoms with Crippen LogP contribution in [-0.2, 0) is 14.3 Å². The van der Waals surface area contributed by atoms with Crippen LogP contribution in [0.1, 0.15) is 37.7 Å². The zero-order valence-electron chi connectivity index (χ0n) is 11.1. The highest BCUT2D eigenvalue weighted by Crippen LogP contribution is 2.29. The molecule has 0 saturated carbocycles. The van der Waals surface area contributed by atoms with Crippen LogP contribution in [0.3, 0.4) is 0 Å². The van der Waals surface area contributed by atoms with E-state index in [2.05, 4.69) is 5.32 Å². The second kappa shape index (κ2) is 6.36. The van der Waals surface area contributed by atoms with Crippen molar-refractivity contribution in [2.24, 2.45) is 0 Å². The molecule has 0 radical (unpaired) electrons. The van der Waals surface area contributed by atoms with E-state index < -0.39 is 0 Å². The van der Waals surface area contributed by atoms with Crippen molar-refractivity contribution in [3.63, 3.8) is 0 Å². The minimum absolute atomic E-state index is 0.00769. The van der Waals surface area contributed by atoms with Crippen molar-refractivity contribution >= 4 is 11.9 Å². The Morgan fingerprint density at radius 1 is 1.42 bits per heavy atom. The maximum absolute atomic E-state index is 11.7. The van der Waals surface area contributed by atoms with Gasteiger partial charge in [0.1, 0.15) is 0 Å². The van der Waals surface area contributed by atoms with Gasteiger partial charge in [0.2, 0.25) is 5.91 Å². The van der Waals surface area contributed by atoms with Crippen molar-refractivity contribution in [2.75, 3.05) is 6.61 Å². The summed E-state index contributed by atoms with van der Waals surface area (Å²) >= 11 is 0. The molecule has 0 aromatic heterocycles. The second-order valence-corrected chi connectivity index (χ2v) is 4.74. The minimum atomic E-state index is -0.211. The summed E-state index contributed by atoms with van der Waals surface area (Å²) in [6, 6.07) is 9.86. The molecule has 1 N–H and O–H groups in total. The molecule has 0 aliphatic carbocycles. The third kappa shape index (κ3) is 3.56. The van der Waals surface area contributed by atoms with Gasteiger partial charge in [0, 0.05) is 18.4 Å². The monoisotopic (exact) mass is 261 g/mol. The van der Waals surface area contributed by atoms with Crippen molar-refractivity contribution in [1.82, 2.24) is 5.32 Å². The molecule has 4 nitrogen and oxygen atoms in total. The number of rotatable bonds is 5. The van der Waals surface area contributed by atoms with Gasteiger partial charge in [0.25, 0.3) is 0 Å². The fraction of sp³-hybridized carbons (Fsp3) is 0.467. The number of hydrogen-bond acceptors (Lipinski definition) is 3. The molecule has 2 unspecified atom stereocenters. The molecule has 1 aromatic carbocycles. The van der Waals surface area contributed by atoms with E-state index in [4.69, 9.17) is 4.74 Å².